The van der Waals surface area contributed by atoms with Gasteiger partial charge in [0.2, 0.25) is 5.82 Å². The van der Waals surface area contributed by atoms with Crippen LogP contribution in [0.1, 0.15) is 30.4 Å². The largest absolute Gasteiger partial charge is 0.480 e. The second kappa shape index (κ2) is 6.62. The normalized spacial score (nSPS) is 19.4. The number of benzene rings is 1. The molecular weight excluding hydrogens is 364 g/mol. The van der Waals surface area contributed by atoms with E-state index in [4.69, 9.17) is 0 Å². The Morgan fingerprint density at radius 2 is 1.96 bits per heavy atom. The highest BCUT2D eigenvalue weighted by atomic mass is 32.1. The predicted molar refractivity (Wildman–Crippen MR) is 101 cm³/mol. The fourth-order valence-corrected chi connectivity index (χ4v) is 4.05. The minimum Gasteiger partial charge on any atom is -0.480 e. The quantitative estimate of drug-likeness (QED) is 0.749. The lowest BCUT2D eigenvalue weighted by atomic mass is 9.99. The van der Waals surface area contributed by atoms with Crippen LogP contribution in [0, 0.1) is 0 Å². The lowest BCUT2D eigenvalue weighted by molar-refractivity contribution is -0.147. The SMILES string of the molecule is CC1(C(=O)O)CCCN1C(=O)c1nc(-c2cccs2)n(-c2ccccc2)n1. The fraction of sp³-hybridized carbons (Fsp3) is 0.263. The zero-order valence-corrected chi connectivity index (χ0v) is 15.5. The summed E-state index contributed by atoms with van der Waals surface area (Å²) in [4.78, 5) is 31.5. The molecule has 8 heteroatoms. The van der Waals surface area contributed by atoms with Crippen molar-refractivity contribution in [3.63, 3.8) is 0 Å². The number of likely N-dealkylation sites (tertiary alicyclic amines) is 1. The molecule has 7 nitrogen and oxygen atoms in total. The zero-order valence-electron chi connectivity index (χ0n) is 14.7. The van der Waals surface area contributed by atoms with Crippen LogP contribution in [-0.4, -0.2) is 48.7 Å². The summed E-state index contributed by atoms with van der Waals surface area (Å²) in [7, 11) is 0. The Morgan fingerprint density at radius 3 is 2.63 bits per heavy atom. The van der Waals surface area contributed by atoms with E-state index < -0.39 is 17.4 Å². The number of thiophene rings is 1. The highest BCUT2D eigenvalue weighted by molar-refractivity contribution is 7.13. The second-order valence-corrected chi connectivity index (χ2v) is 7.57. The van der Waals surface area contributed by atoms with Crippen LogP contribution in [-0.2, 0) is 4.79 Å². The monoisotopic (exact) mass is 382 g/mol. The molecule has 1 aliphatic heterocycles. The molecule has 1 aliphatic rings. The van der Waals surface area contributed by atoms with Gasteiger partial charge in [-0.25, -0.2) is 14.5 Å². The summed E-state index contributed by atoms with van der Waals surface area (Å²) in [5, 5.41) is 16.0. The molecule has 1 N–H and O–H groups in total. The van der Waals surface area contributed by atoms with E-state index >= 15 is 0 Å². The number of rotatable bonds is 4. The number of nitrogens with zero attached hydrogens (tertiary/aromatic N) is 4. The number of carbonyl (C=O) groups is 2. The minimum atomic E-state index is -1.22. The standard InChI is InChI=1S/C19H18N4O3S/c1-19(18(25)26)10-6-11-22(19)17(24)15-20-16(14-9-5-12-27-14)23(21-15)13-7-3-2-4-8-13/h2-5,7-9,12H,6,10-11H2,1H3,(H,25,26). The zero-order chi connectivity index (χ0) is 19.0. The van der Waals surface area contributed by atoms with Gasteiger partial charge in [-0.1, -0.05) is 24.3 Å². The Balaban J connectivity index is 1.78. The number of para-hydroxylation sites is 1. The number of carboxylic acids is 1. The summed E-state index contributed by atoms with van der Waals surface area (Å²) >= 11 is 1.50. The van der Waals surface area contributed by atoms with Crippen LogP contribution in [0.5, 0.6) is 0 Å². The molecule has 4 rings (SSSR count). The van der Waals surface area contributed by atoms with E-state index in [0.29, 0.717) is 25.2 Å². The molecular formula is C19H18N4O3S. The van der Waals surface area contributed by atoms with Crippen LogP contribution in [0.4, 0.5) is 0 Å². The van der Waals surface area contributed by atoms with Gasteiger partial charge in [0.05, 0.1) is 10.6 Å². The predicted octanol–water partition coefficient (Wildman–Crippen LogP) is 3.08. The van der Waals surface area contributed by atoms with Gasteiger partial charge in [-0.05, 0) is 43.3 Å². The maximum Gasteiger partial charge on any atom is 0.329 e. The van der Waals surface area contributed by atoms with Crippen molar-refractivity contribution in [1.82, 2.24) is 19.7 Å². The number of carboxylic acid groups (broad SMARTS) is 1. The molecule has 3 heterocycles. The van der Waals surface area contributed by atoms with Crippen molar-refractivity contribution in [2.45, 2.75) is 25.3 Å². The van der Waals surface area contributed by atoms with Crippen molar-refractivity contribution in [3.8, 4) is 16.4 Å². The van der Waals surface area contributed by atoms with Gasteiger partial charge in [-0.15, -0.1) is 16.4 Å². The molecule has 1 aromatic carbocycles. The highest BCUT2D eigenvalue weighted by Crippen LogP contribution is 2.31. The Labute approximate surface area is 159 Å². The summed E-state index contributed by atoms with van der Waals surface area (Å²) in [6, 6.07) is 13.3. The van der Waals surface area contributed by atoms with Crippen LogP contribution in [0.3, 0.4) is 0 Å². The number of carbonyl (C=O) groups excluding carboxylic acids is 1. The molecule has 27 heavy (non-hydrogen) atoms. The third kappa shape index (κ3) is 2.91. The Morgan fingerprint density at radius 1 is 1.19 bits per heavy atom. The van der Waals surface area contributed by atoms with Crippen molar-refractivity contribution < 1.29 is 14.7 Å². The second-order valence-electron chi connectivity index (χ2n) is 6.62. The van der Waals surface area contributed by atoms with Crippen LogP contribution >= 0.6 is 11.3 Å². The van der Waals surface area contributed by atoms with E-state index in [0.717, 1.165) is 10.6 Å². The third-order valence-corrected chi connectivity index (χ3v) is 5.75. The Kier molecular flexibility index (Phi) is 4.27. The average molecular weight is 382 g/mol. The topological polar surface area (TPSA) is 88.3 Å². The first kappa shape index (κ1) is 17.4. The number of hydrogen-bond donors (Lipinski definition) is 1. The van der Waals surface area contributed by atoms with Crippen LogP contribution < -0.4 is 0 Å². The number of aromatic nitrogens is 3. The van der Waals surface area contributed by atoms with Crippen molar-refractivity contribution in [3.05, 3.63) is 53.7 Å². The minimum absolute atomic E-state index is 0.0108. The molecule has 2 aromatic heterocycles. The highest BCUT2D eigenvalue weighted by Gasteiger charge is 2.47. The molecule has 0 aliphatic carbocycles. The van der Waals surface area contributed by atoms with Gasteiger partial charge < -0.3 is 10.0 Å². The van der Waals surface area contributed by atoms with Gasteiger partial charge in [0.15, 0.2) is 5.82 Å². The lowest BCUT2D eigenvalue weighted by Gasteiger charge is -2.30. The molecule has 0 bridgehead atoms. The molecule has 1 fully saturated rings. The van der Waals surface area contributed by atoms with Gasteiger partial charge in [0.25, 0.3) is 5.91 Å². The van der Waals surface area contributed by atoms with Gasteiger partial charge in [-0.2, -0.15) is 0 Å². The van der Waals surface area contributed by atoms with E-state index in [1.165, 1.54) is 16.2 Å². The van der Waals surface area contributed by atoms with E-state index in [2.05, 4.69) is 10.1 Å². The Bertz CT molecular complexity index is 984. The molecule has 1 saturated heterocycles. The first-order valence-electron chi connectivity index (χ1n) is 8.62. The molecule has 1 atom stereocenters. The lowest BCUT2D eigenvalue weighted by Crippen LogP contribution is -2.51. The van der Waals surface area contributed by atoms with Crippen LogP contribution in [0.2, 0.25) is 0 Å². The van der Waals surface area contributed by atoms with Crippen molar-refractivity contribution >= 4 is 23.2 Å². The van der Waals surface area contributed by atoms with E-state index in [9.17, 15) is 14.7 Å². The van der Waals surface area contributed by atoms with E-state index in [1.807, 2.05) is 47.8 Å². The molecule has 1 amide bonds. The maximum atomic E-state index is 13.1. The van der Waals surface area contributed by atoms with Gasteiger partial charge in [-0.3, -0.25) is 4.79 Å². The fourth-order valence-electron chi connectivity index (χ4n) is 3.35. The van der Waals surface area contributed by atoms with Gasteiger partial charge >= 0.3 is 5.97 Å². The smallest absolute Gasteiger partial charge is 0.329 e. The molecule has 0 spiro atoms. The van der Waals surface area contributed by atoms with E-state index in [1.54, 1.807) is 11.6 Å². The summed E-state index contributed by atoms with van der Waals surface area (Å²) in [6.45, 7) is 1.96. The Hall–Kier alpha value is -3.00. The van der Waals surface area contributed by atoms with Gasteiger partial charge in [0.1, 0.15) is 5.54 Å². The maximum absolute atomic E-state index is 13.1. The van der Waals surface area contributed by atoms with Crippen LogP contribution in [0.25, 0.3) is 16.4 Å². The van der Waals surface area contributed by atoms with Crippen molar-refractivity contribution in [1.29, 1.82) is 0 Å². The molecule has 0 saturated carbocycles. The number of amides is 1. The molecule has 0 radical (unpaired) electrons. The summed E-state index contributed by atoms with van der Waals surface area (Å²) < 4.78 is 1.63. The van der Waals surface area contributed by atoms with Crippen molar-refractivity contribution in [2.75, 3.05) is 6.54 Å². The number of aliphatic carboxylic acids is 1. The first-order chi connectivity index (χ1) is 13.0. The van der Waals surface area contributed by atoms with Gasteiger partial charge in [0, 0.05) is 6.54 Å². The summed E-state index contributed by atoms with van der Waals surface area (Å²) in [5.74, 6) is -0.883. The first-order valence-corrected chi connectivity index (χ1v) is 9.50. The number of hydrogen-bond acceptors (Lipinski definition) is 5. The average Bonchev–Trinajstić information content (AvgIpc) is 3.41. The molecule has 138 valence electrons. The third-order valence-electron chi connectivity index (χ3n) is 4.89. The molecule has 1 unspecified atom stereocenters. The van der Waals surface area contributed by atoms with Crippen LogP contribution in [0.15, 0.2) is 47.8 Å². The molecule has 3 aromatic rings. The van der Waals surface area contributed by atoms with Crippen molar-refractivity contribution in [2.24, 2.45) is 0 Å². The summed E-state index contributed by atoms with van der Waals surface area (Å²) in [6.07, 6.45) is 1.07. The van der Waals surface area contributed by atoms with E-state index in [-0.39, 0.29) is 5.82 Å². The summed E-state index contributed by atoms with van der Waals surface area (Å²) in [5.41, 5.74) is -0.437.